The summed E-state index contributed by atoms with van der Waals surface area (Å²) >= 11 is 1.16. The highest BCUT2D eigenvalue weighted by Crippen LogP contribution is 2.46. The molecule has 316 valence electrons. The zero-order valence-corrected chi connectivity index (χ0v) is 33.2. The van der Waals surface area contributed by atoms with Crippen molar-refractivity contribution in [2.24, 2.45) is 0 Å². The topological polar surface area (TPSA) is 186 Å². The van der Waals surface area contributed by atoms with Crippen LogP contribution >= 0.6 is 11.8 Å². The number of thioether (sulfide) groups is 1. The van der Waals surface area contributed by atoms with Crippen LogP contribution in [-0.4, -0.2) is 107 Å². The normalized spacial score (nSPS) is 29.5. The molecule has 15 heteroatoms. The molecule has 0 amide bonds. The molecule has 3 aliphatic rings. The predicted molar refractivity (Wildman–Crippen MR) is 216 cm³/mol. The van der Waals surface area contributed by atoms with Gasteiger partial charge in [0.2, 0.25) is 0 Å². The summed E-state index contributed by atoms with van der Waals surface area (Å²) in [4.78, 5) is 41.6. The number of ether oxygens (including phenoxy) is 8. The summed E-state index contributed by atoms with van der Waals surface area (Å²) in [6.07, 6.45) is -12.8. The number of aliphatic hydroxyl groups excluding tert-OH is 3. The SMILES string of the molecule is O=C(OC[C@H]1O[C@@H]2O[C@](OC[C@H]3O[C@@H](Sc4ccccc4)[C@H](O)[C@@H](O)[C@@H]3O)(c3ccccc3)O[C@@H]2[C@@H](OC(=O)c2ccccc2)[C@@H]1OC(=O)c1ccccc1)c1ccccc1. The van der Waals surface area contributed by atoms with E-state index in [0.717, 1.165) is 16.7 Å². The van der Waals surface area contributed by atoms with Crippen molar-refractivity contribution in [1.29, 1.82) is 0 Å². The van der Waals surface area contributed by atoms with Crippen LogP contribution in [0.1, 0.15) is 36.6 Å². The highest BCUT2D eigenvalue weighted by molar-refractivity contribution is 7.99. The van der Waals surface area contributed by atoms with Gasteiger partial charge in [-0.05, 0) is 48.5 Å². The molecule has 3 saturated heterocycles. The zero-order valence-electron chi connectivity index (χ0n) is 32.4. The van der Waals surface area contributed by atoms with Gasteiger partial charge in [0, 0.05) is 10.5 Å². The third-order valence-electron chi connectivity index (χ3n) is 10.3. The summed E-state index contributed by atoms with van der Waals surface area (Å²) in [5.41, 5.74) is -0.0633. The van der Waals surface area contributed by atoms with E-state index >= 15 is 0 Å². The molecule has 3 fully saturated rings. The second-order valence-electron chi connectivity index (χ2n) is 14.4. The molecule has 11 atom stereocenters. The fourth-order valence-corrected chi connectivity index (χ4v) is 8.20. The maximum Gasteiger partial charge on any atom is 0.338 e. The van der Waals surface area contributed by atoms with Crippen LogP contribution in [0.2, 0.25) is 0 Å². The molecule has 0 unspecified atom stereocenters. The average Bonchev–Trinajstić information content (AvgIpc) is 3.69. The molecular formula is C46H42O14S. The van der Waals surface area contributed by atoms with Gasteiger partial charge in [-0.15, -0.1) is 0 Å². The van der Waals surface area contributed by atoms with Crippen LogP contribution < -0.4 is 0 Å². The van der Waals surface area contributed by atoms with Gasteiger partial charge < -0.3 is 48.5 Å². The van der Waals surface area contributed by atoms with Gasteiger partial charge in [-0.25, -0.2) is 14.4 Å². The van der Waals surface area contributed by atoms with Crippen molar-refractivity contribution in [3.63, 3.8) is 0 Å². The zero-order chi connectivity index (χ0) is 42.3. The summed E-state index contributed by atoms with van der Waals surface area (Å²) in [6, 6.07) is 42.1. The first-order valence-electron chi connectivity index (χ1n) is 19.6. The van der Waals surface area contributed by atoms with E-state index in [1.807, 2.05) is 30.3 Å². The minimum atomic E-state index is -2.15. The first-order valence-corrected chi connectivity index (χ1v) is 20.4. The van der Waals surface area contributed by atoms with Crippen LogP contribution in [0.4, 0.5) is 0 Å². The Bertz CT molecular complexity index is 2220. The summed E-state index contributed by atoms with van der Waals surface area (Å²) < 4.78 is 50.1. The number of carbonyl (C=O) groups excluding carboxylic acids is 3. The lowest BCUT2D eigenvalue weighted by Gasteiger charge is -2.41. The Hall–Kier alpha value is -5.46. The fraction of sp³-hybridized carbons (Fsp3) is 0.283. The second kappa shape index (κ2) is 19.1. The summed E-state index contributed by atoms with van der Waals surface area (Å²) in [6.45, 7) is -0.932. The molecule has 0 aromatic heterocycles. The number of rotatable bonds is 13. The lowest BCUT2D eigenvalue weighted by atomic mass is 9.98. The van der Waals surface area contributed by atoms with Crippen LogP contribution in [0.15, 0.2) is 157 Å². The molecule has 3 N–H and O–H groups in total. The highest BCUT2D eigenvalue weighted by Gasteiger charge is 2.62. The lowest BCUT2D eigenvalue weighted by Crippen LogP contribution is -2.60. The number of carbonyl (C=O) groups is 3. The van der Waals surface area contributed by atoms with Gasteiger partial charge in [0.25, 0.3) is 0 Å². The number of esters is 3. The van der Waals surface area contributed by atoms with Crippen molar-refractivity contribution >= 4 is 29.7 Å². The molecule has 0 bridgehead atoms. The molecule has 0 radical (unpaired) electrons. The monoisotopic (exact) mass is 850 g/mol. The third kappa shape index (κ3) is 9.55. The van der Waals surface area contributed by atoms with E-state index in [0.29, 0.717) is 5.56 Å². The van der Waals surface area contributed by atoms with Gasteiger partial charge in [0.15, 0.2) is 24.6 Å². The number of hydrogen-bond donors (Lipinski definition) is 3. The van der Waals surface area contributed by atoms with Crippen LogP contribution in [-0.2, 0) is 43.9 Å². The molecule has 3 heterocycles. The molecule has 61 heavy (non-hydrogen) atoms. The molecule has 5 aromatic carbocycles. The molecule has 14 nitrogen and oxygen atoms in total. The molecular weight excluding hydrogens is 809 g/mol. The molecule has 0 aliphatic carbocycles. The summed E-state index contributed by atoms with van der Waals surface area (Å²) in [5, 5.41) is 32.9. The number of aliphatic hydroxyl groups is 3. The van der Waals surface area contributed by atoms with Crippen molar-refractivity contribution in [1.82, 2.24) is 0 Å². The smallest absolute Gasteiger partial charge is 0.338 e. The summed E-state index contributed by atoms with van der Waals surface area (Å²) in [5.74, 6) is -4.42. The van der Waals surface area contributed by atoms with Crippen molar-refractivity contribution in [3.05, 3.63) is 174 Å². The summed E-state index contributed by atoms with van der Waals surface area (Å²) in [7, 11) is 0. The van der Waals surface area contributed by atoms with Gasteiger partial charge in [-0.1, -0.05) is 115 Å². The van der Waals surface area contributed by atoms with Crippen molar-refractivity contribution in [3.8, 4) is 0 Å². The van der Waals surface area contributed by atoms with Crippen molar-refractivity contribution in [2.45, 2.75) is 71.4 Å². The van der Waals surface area contributed by atoms with Crippen molar-refractivity contribution in [2.75, 3.05) is 13.2 Å². The third-order valence-corrected chi connectivity index (χ3v) is 11.4. The Morgan fingerprint density at radius 1 is 0.541 bits per heavy atom. The molecule has 5 aromatic rings. The Kier molecular flexibility index (Phi) is 13.2. The predicted octanol–water partition coefficient (Wildman–Crippen LogP) is 4.86. The standard InChI is InChI=1S/C46H42O14S/c47-35-33(56-45(37(49)36(35)48)61-32-24-14-5-15-25-32)27-54-46(31-22-12-4-13-23-31)59-40-39(58-43(52)30-20-10-3-11-21-30)38(57-42(51)29-18-8-2-9-19-29)34(55-44(40)60-46)26-53-41(50)28-16-6-1-7-17-28/h1-25,33-40,44-45,47-49H,26-27H2/t33-,34-,35-,36+,37-,38-,39+,40-,44-,45+,46+/m1/s1. The highest BCUT2D eigenvalue weighted by atomic mass is 32.2. The van der Waals surface area contributed by atoms with E-state index in [4.69, 9.17) is 37.9 Å². The number of benzene rings is 5. The van der Waals surface area contributed by atoms with E-state index in [1.54, 1.807) is 121 Å². The minimum absolute atomic E-state index is 0.183. The van der Waals surface area contributed by atoms with Gasteiger partial charge in [-0.2, -0.15) is 0 Å². The molecule has 0 saturated carbocycles. The van der Waals surface area contributed by atoms with Crippen LogP contribution in [0.3, 0.4) is 0 Å². The van der Waals surface area contributed by atoms with Crippen LogP contribution in [0.25, 0.3) is 0 Å². The van der Waals surface area contributed by atoms with E-state index in [-0.39, 0.29) is 16.7 Å². The maximum atomic E-state index is 13.9. The van der Waals surface area contributed by atoms with E-state index in [9.17, 15) is 29.7 Å². The second-order valence-corrected chi connectivity index (χ2v) is 15.5. The van der Waals surface area contributed by atoms with Gasteiger partial charge >= 0.3 is 23.9 Å². The molecule has 3 aliphatic heterocycles. The quantitative estimate of drug-likeness (QED) is 0.108. The Morgan fingerprint density at radius 2 is 1.05 bits per heavy atom. The van der Waals surface area contributed by atoms with E-state index in [2.05, 4.69) is 0 Å². The van der Waals surface area contributed by atoms with Gasteiger partial charge in [0.05, 0.1) is 23.3 Å². The van der Waals surface area contributed by atoms with Crippen LogP contribution in [0, 0.1) is 0 Å². The first-order chi connectivity index (χ1) is 29.7. The Labute approximate surface area is 354 Å². The molecule has 8 rings (SSSR count). The fourth-order valence-electron chi connectivity index (χ4n) is 7.12. The number of fused-ring (bicyclic) bond motifs is 1. The van der Waals surface area contributed by atoms with Gasteiger partial charge in [0.1, 0.15) is 42.6 Å². The Morgan fingerprint density at radius 3 is 1.62 bits per heavy atom. The minimum Gasteiger partial charge on any atom is -0.459 e. The average molecular weight is 851 g/mol. The van der Waals surface area contributed by atoms with E-state index in [1.165, 1.54) is 0 Å². The number of hydrogen-bond acceptors (Lipinski definition) is 15. The molecule has 0 spiro atoms. The lowest BCUT2D eigenvalue weighted by molar-refractivity contribution is -0.376. The van der Waals surface area contributed by atoms with E-state index < -0.39 is 97.7 Å². The van der Waals surface area contributed by atoms with Crippen molar-refractivity contribution < 1.29 is 67.6 Å². The first kappa shape index (κ1) is 42.2. The largest absolute Gasteiger partial charge is 0.459 e. The van der Waals surface area contributed by atoms with Crippen LogP contribution in [0.5, 0.6) is 0 Å². The Balaban J connectivity index is 1.12. The maximum absolute atomic E-state index is 13.9. The van der Waals surface area contributed by atoms with Gasteiger partial charge in [-0.3, -0.25) is 4.74 Å².